The summed E-state index contributed by atoms with van der Waals surface area (Å²) in [7, 11) is 1.64. The molecule has 1 atom stereocenters. The molecule has 0 saturated carbocycles. The molecule has 1 heterocycles. The molecule has 7 heteroatoms. The van der Waals surface area contributed by atoms with Crippen molar-refractivity contribution >= 4 is 5.97 Å². The summed E-state index contributed by atoms with van der Waals surface area (Å²) in [5.74, 6) is -0.483. The Morgan fingerprint density at radius 2 is 2.28 bits per heavy atom. The van der Waals surface area contributed by atoms with E-state index in [4.69, 9.17) is 15.2 Å². The topological polar surface area (TPSA) is 92.3 Å². The fraction of sp³-hybridized carbons (Fsp3) is 0.727. The van der Waals surface area contributed by atoms with Crippen molar-refractivity contribution in [3.8, 4) is 0 Å². The highest BCUT2D eigenvalue weighted by atomic mass is 16.5. The second kappa shape index (κ2) is 7.07. The molecular formula is C11H20N4O3. The Labute approximate surface area is 106 Å². The Bertz CT molecular complexity index is 392. The molecular weight excluding hydrogens is 236 g/mol. The van der Waals surface area contributed by atoms with Gasteiger partial charge in [-0.15, -0.1) is 5.10 Å². The maximum atomic E-state index is 11.7. The molecule has 1 unspecified atom stereocenters. The zero-order valence-corrected chi connectivity index (χ0v) is 11.0. The van der Waals surface area contributed by atoms with E-state index in [2.05, 4.69) is 10.3 Å². The molecule has 0 aliphatic rings. The van der Waals surface area contributed by atoms with Crippen molar-refractivity contribution < 1.29 is 14.3 Å². The van der Waals surface area contributed by atoms with Crippen molar-refractivity contribution in [2.24, 2.45) is 5.73 Å². The van der Waals surface area contributed by atoms with Crippen molar-refractivity contribution in [2.75, 3.05) is 20.3 Å². The summed E-state index contributed by atoms with van der Waals surface area (Å²) in [5.41, 5.74) is 6.45. The molecule has 0 fully saturated rings. The van der Waals surface area contributed by atoms with Gasteiger partial charge in [0.2, 0.25) is 0 Å². The summed E-state index contributed by atoms with van der Waals surface area (Å²) in [6, 6.07) is 0.0687. The highest BCUT2D eigenvalue weighted by Gasteiger charge is 2.21. The first kappa shape index (κ1) is 14.6. The second-order valence-electron chi connectivity index (χ2n) is 3.88. The number of nitrogens with zero attached hydrogens (tertiary/aromatic N) is 3. The largest absolute Gasteiger partial charge is 0.461 e. The van der Waals surface area contributed by atoms with E-state index in [1.807, 2.05) is 6.92 Å². The highest BCUT2D eigenvalue weighted by Crippen LogP contribution is 2.15. The molecule has 0 spiro atoms. The third-order valence-corrected chi connectivity index (χ3v) is 2.61. The first-order valence-corrected chi connectivity index (χ1v) is 5.95. The normalized spacial score (nSPS) is 12.4. The monoisotopic (exact) mass is 256 g/mol. The molecule has 1 rings (SSSR count). The van der Waals surface area contributed by atoms with E-state index in [9.17, 15) is 4.79 Å². The van der Waals surface area contributed by atoms with Gasteiger partial charge in [0.25, 0.3) is 0 Å². The summed E-state index contributed by atoms with van der Waals surface area (Å²) in [5, 5.41) is 7.83. The third kappa shape index (κ3) is 3.27. The Hall–Kier alpha value is -1.47. The van der Waals surface area contributed by atoms with Gasteiger partial charge >= 0.3 is 5.97 Å². The van der Waals surface area contributed by atoms with Gasteiger partial charge in [-0.05, 0) is 20.3 Å². The molecule has 18 heavy (non-hydrogen) atoms. The molecule has 0 amide bonds. The first-order chi connectivity index (χ1) is 8.65. The lowest BCUT2D eigenvalue weighted by Gasteiger charge is -2.13. The van der Waals surface area contributed by atoms with Gasteiger partial charge in [0.05, 0.1) is 18.3 Å². The SMILES string of the molecule is CCOC(=O)c1nnn(C(C)CCOC)c1CN. The molecule has 1 aromatic rings. The Kier molecular flexibility index (Phi) is 5.73. The Morgan fingerprint density at radius 3 is 2.83 bits per heavy atom. The predicted octanol–water partition coefficient (Wildman–Crippen LogP) is 0.511. The quantitative estimate of drug-likeness (QED) is 0.715. The van der Waals surface area contributed by atoms with Crippen LogP contribution in [-0.2, 0) is 16.0 Å². The van der Waals surface area contributed by atoms with Crippen LogP contribution in [0.4, 0.5) is 0 Å². The highest BCUT2D eigenvalue weighted by molar-refractivity contribution is 5.88. The van der Waals surface area contributed by atoms with Crippen LogP contribution >= 0.6 is 0 Å². The van der Waals surface area contributed by atoms with Gasteiger partial charge in [-0.2, -0.15) is 0 Å². The smallest absolute Gasteiger partial charge is 0.360 e. The number of hydrogen-bond donors (Lipinski definition) is 1. The zero-order valence-electron chi connectivity index (χ0n) is 11.0. The van der Waals surface area contributed by atoms with Crippen molar-refractivity contribution in [1.29, 1.82) is 0 Å². The number of ether oxygens (including phenoxy) is 2. The van der Waals surface area contributed by atoms with Gasteiger partial charge in [0.1, 0.15) is 0 Å². The lowest BCUT2D eigenvalue weighted by molar-refractivity contribution is 0.0518. The molecule has 0 aliphatic heterocycles. The standard InChI is InChI=1S/C11H20N4O3/c1-4-18-11(16)10-9(7-12)15(14-13-10)8(2)5-6-17-3/h8H,4-7,12H2,1-3H3. The van der Waals surface area contributed by atoms with E-state index in [-0.39, 0.29) is 18.3 Å². The van der Waals surface area contributed by atoms with Gasteiger partial charge in [0.15, 0.2) is 5.69 Å². The fourth-order valence-corrected chi connectivity index (χ4v) is 1.63. The number of aromatic nitrogens is 3. The lowest BCUT2D eigenvalue weighted by Crippen LogP contribution is -2.17. The maximum Gasteiger partial charge on any atom is 0.360 e. The molecule has 0 bridgehead atoms. The van der Waals surface area contributed by atoms with Crippen LogP contribution in [0.3, 0.4) is 0 Å². The van der Waals surface area contributed by atoms with Crippen LogP contribution in [0.2, 0.25) is 0 Å². The minimum atomic E-state index is -0.483. The molecule has 2 N–H and O–H groups in total. The van der Waals surface area contributed by atoms with E-state index in [1.54, 1.807) is 18.7 Å². The van der Waals surface area contributed by atoms with Crippen LogP contribution in [0.5, 0.6) is 0 Å². The van der Waals surface area contributed by atoms with Crippen LogP contribution in [0.1, 0.15) is 42.5 Å². The number of esters is 1. The molecule has 0 aromatic carbocycles. The summed E-state index contributed by atoms with van der Waals surface area (Å²) in [6.45, 7) is 4.82. The molecule has 1 aromatic heterocycles. The van der Waals surface area contributed by atoms with Crippen LogP contribution in [-0.4, -0.2) is 41.3 Å². The number of methoxy groups -OCH3 is 1. The summed E-state index contributed by atoms with van der Waals surface area (Å²) in [6.07, 6.45) is 0.773. The zero-order chi connectivity index (χ0) is 13.5. The van der Waals surface area contributed by atoms with Gasteiger partial charge in [-0.1, -0.05) is 5.21 Å². The van der Waals surface area contributed by atoms with Crippen LogP contribution in [0, 0.1) is 0 Å². The summed E-state index contributed by atoms with van der Waals surface area (Å²) in [4.78, 5) is 11.7. The van der Waals surface area contributed by atoms with Crippen molar-refractivity contribution in [1.82, 2.24) is 15.0 Å². The number of rotatable bonds is 7. The average molecular weight is 256 g/mol. The minimum Gasteiger partial charge on any atom is -0.461 e. The van der Waals surface area contributed by atoms with E-state index in [1.165, 1.54) is 0 Å². The van der Waals surface area contributed by atoms with Crippen molar-refractivity contribution in [3.63, 3.8) is 0 Å². The fourth-order valence-electron chi connectivity index (χ4n) is 1.63. The van der Waals surface area contributed by atoms with Crippen LogP contribution in [0.15, 0.2) is 0 Å². The van der Waals surface area contributed by atoms with Crippen LogP contribution in [0.25, 0.3) is 0 Å². The number of hydrogen-bond acceptors (Lipinski definition) is 6. The Balaban J connectivity index is 2.90. The van der Waals surface area contributed by atoms with E-state index < -0.39 is 5.97 Å². The van der Waals surface area contributed by atoms with Crippen molar-refractivity contribution in [2.45, 2.75) is 32.9 Å². The van der Waals surface area contributed by atoms with Gasteiger partial charge in [-0.3, -0.25) is 0 Å². The third-order valence-electron chi connectivity index (χ3n) is 2.61. The van der Waals surface area contributed by atoms with E-state index >= 15 is 0 Å². The average Bonchev–Trinajstić information content (AvgIpc) is 2.79. The molecule has 0 aliphatic carbocycles. The van der Waals surface area contributed by atoms with Gasteiger partial charge in [-0.25, -0.2) is 9.48 Å². The minimum absolute atomic E-state index is 0.0687. The molecule has 102 valence electrons. The molecule has 7 nitrogen and oxygen atoms in total. The number of carbonyl (C=O) groups is 1. The molecule has 0 saturated heterocycles. The van der Waals surface area contributed by atoms with Gasteiger partial charge < -0.3 is 15.2 Å². The first-order valence-electron chi connectivity index (χ1n) is 5.95. The maximum absolute atomic E-state index is 11.7. The van der Waals surface area contributed by atoms with Crippen LogP contribution < -0.4 is 5.73 Å². The predicted molar refractivity (Wildman–Crippen MR) is 65.1 cm³/mol. The lowest BCUT2D eigenvalue weighted by atomic mass is 10.2. The summed E-state index contributed by atoms with van der Waals surface area (Å²) >= 11 is 0. The van der Waals surface area contributed by atoms with E-state index in [0.717, 1.165) is 6.42 Å². The van der Waals surface area contributed by atoms with E-state index in [0.29, 0.717) is 18.9 Å². The van der Waals surface area contributed by atoms with Gasteiger partial charge in [0, 0.05) is 20.3 Å². The number of carbonyl (C=O) groups excluding carboxylic acids is 1. The second-order valence-corrected chi connectivity index (χ2v) is 3.88. The number of nitrogens with two attached hydrogens (primary N) is 1. The Morgan fingerprint density at radius 1 is 1.56 bits per heavy atom. The van der Waals surface area contributed by atoms with Crippen molar-refractivity contribution in [3.05, 3.63) is 11.4 Å². The molecule has 0 radical (unpaired) electrons. The summed E-state index contributed by atoms with van der Waals surface area (Å²) < 4.78 is 11.6.